The lowest BCUT2D eigenvalue weighted by Gasteiger charge is -2.34. The molecular formula is C25H27F2N3O. The first-order chi connectivity index (χ1) is 15.1. The molecule has 1 aromatic heterocycles. The number of urea groups is 1. The van der Waals surface area contributed by atoms with Crippen molar-refractivity contribution in [2.45, 2.75) is 51.2 Å². The van der Waals surface area contributed by atoms with Gasteiger partial charge in [-0.15, -0.1) is 0 Å². The molecule has 6 heteroatoms. The summed E-state index contributed by atoms with van der Waals surface area (Å²) in [4.78, 5) is 15.1. The molecule has 0 radical (unpaired) electrons. The Morgan fingerprint density at radius 1 is 0.968 bits per heavy atom. The first-order valence-electron chi connectivity index (χ1n) is 10.8. The van der Waals surface area contributed by atoms with Crippen LogP contribution in [0.2, 0.25) is 0 Å². The number of aromatic nitrogens is 1. The smallest absolute Gasteiger partial charge is 0.322 e. The SMILES string of the molecule is O=C(Nc1cccc(F)c1)N(Cc1cccn1Cc1ccc(F)cc1)C1CCCCC1. The Kier molecular flexibility index (Phi) is 6.65. The maximum Gasteiger partial charge on any atom is 0.322 e. The lowest BCUT2D eigenvalue weighted by molar-refractivity contribution is 0.161. The fourth-order valence-corrected chi connectivity index (χ4v) is 4.23. The number of nitrogens with one attached hydrogen (secondary N) is 1. The van der Waals surface area contributed by atoms with Crippen LogP contribution in [0.4, 0.5) is 19.3 Å². The van der Waals surface area contributed by atoms with Crippen LogP contribution in [0.3, 0.4) is 0 Å². The second kappa shape index (κ2) is 9.77. The van der Waals surface area contributed by atoms with Gasteiger partial charge < -0.3 is 14.8 Å². The Labute approximate surface area is 181 Å². The third-order valence-electron chi connectivity index (χ3n) is 5.87. The van der Waals surface area contributed by atoms with Crippen molar-refractivity contribution in [3.05, 3.63) is 89.8 Å². The van der Waals surface area contributed by atoms with Crippen LogP contribution in [0.25, 0.3) is 0 Å². The van der Waals surface area contributed by atoms with Gasteiger partial charge in [0.15, 0.2) is 0 Å². The third kappa shape index (κ3) is 5.51. The molecule has 4 nitrogen and oxygen atoms in total. The molecule has 1 saturated carbocycles. The molecule has 0 atom stereocenters. The summed E-state index contributed by atoms with van der Waals surface area (Å²) in [6.07, 6.45) is 7.31. The quantitative estimate of drug-likeness (QED) is 0.505. The second-order valence-electron chi connectivity index (χ2n) is 8.11. The monoisotopic (exact) mass is 423 g/mol. The molecule has 0 saturated heterocycles. The average Bonchev–Trinajstić information content (AvgIpc) is 3.21. The summed E-state index contributed by atoms with van der Waals surface area (Å²) in [7, 11) is 0. The van der Waals surface area contributed by atoms with Crippen LogP contribution >= 0.6 is 0 Å². The summed E-state index contributed by atoms with van der Waals surface area (Å²) in [6, 6.07) is 16.3. The highest BCUT2D eigenvalue weighted by Gasteiger charge is 2.26. The molecule has 1 aliphatic carbocycles. The number of carbonyl (C=O) groups is 1. The molecular weight excluding hydrogens is 396 g/mol. The standard InChI is InChI=1S/C25H27F2N3O/c26-20-13-11-19(12-14-20)17-29-15-5-10-24(29)18-30(23-8-2-1-3-9-23)25(31)28-22-7-4-6-21(27)16-22/h4-7,10-16,23H,1-3,8-9,17-18H2,(H,28,31). The molecule has 0 bridgehead atoms. The van der Waals surface area contributed by atoms with E-state index in [-0.39, 0.29) is 23.7 Å². The van der Waals surface area contributed by atoms with Crippen molar-refractivity contribution in [1.29, 1.82) is 0 Å². The van der Waals surface area contributed by atoms with E-state index in [1.807, 2.05) is 23.2 Å². The van der Waals surface area contributed by atoms with Gasteiger partial charge in [0.2, 0.25) is 0 Å². The van der Waals surface area contributed by atoms with Crippen LogP contribution < -0.4 is 5.32 Å². The molecule has 0 unspecified atom stereocenters. The van der Waals surface area contributed by atoms with Crippen LogP contribution in [0.1, 0.15) is 43.4 Å². The van der Waals surface area contributed by atoms with Crippen LogP contribution in [0, 0.1) is 11.6 Å². The van der Waals surface area contributed by atoms with Gasteiger partial charge in [-0.25, -0.2) is 13.6 Å². The minimum Gasteiger partial charge on any atom is -0.345 e. The first kappa shape index (κ1) is 21.1. The number of halogens is 2. The zero-order valence-electron chi connectivity index (χ0n) is 17.4. The molecule has 1 aliphatic rings. The van der Waals surface area contributed by atoms with Gasteiger partial charge in [0.25, 0.3) is 0 Å². The predicted molar refractivity (Wildman–Crippen MR) is 118 cm³/mol. The summed E-state index contributed by atoms with van der Waals surface area (Å²) in [5.41, 5.74) is 2.45. The van der Waals surface area contributed by atoms with E-state index in [1.54, 1.807) is 24.3 Å². The number of rotatable bonds is 6. The molecule has 162 valence electrons. The molecule has 31 heavy (non-hydrogen) atoms. The van der Waals surface area contributed by atoms with Crippen molar-refractivity contribution >= 4 is 11.7 Å². The Bertz CT molecular complexity index is 1010. The van der Waals surface area contributed by atoms with Gasteiger partial charge in [-0.1, -0.05) is 37.5 Å². The van der Waals surface area contributed by atoms with Crippen LogP contribution in [-0.2, 0) is 13.1 Å². The highest BCUT2D eigenvalue weighted by molar-refractivity contribution is 5.89. The van der Waals surface area contributed by atoms with Crippen molar-refractivity contribution < 1.29 is 13.6 Å². The first-order valence-corrected chi connectivity index (χ1v) is 10.8. The van der Waals surface area contributed by atoms with Gasteiger partial charge in [0, 0.05) is 30.2 Å². The van der Waals surface area contributed by atoms with Crippen molar-refractivity contribution in [3.8, 4) is 0 Å². The highest BCUT2D eigenvalue weighted by Crippen LogP contribution is 2.25. The number of nitrogens with zero attached hydrogens (tertiary/aromatic N) is 2. The lowest BCUT2D eigenvalue weighted by Crippen LogP contribution is -2.43. The van der Waals surface area contributed by atoms with Crippen LogP contribution in [-0.4, -0.2) is 21.5 Å². The maximum atomic E-state index is 13.6. The van der Waals surface area contributed by atoms with Crippen molar-refractivity contribution in [2.24, 2.45) is 0 Å². The second-order valence-corrected chi connectivity index (χ2v) is 8.11. The van der Waals surface area contributed by atoms with Gasteiger partial charge >= 0.3 is 6.03 Å². The average molecular weight is 424 g/mol. The number of anilines is 1. The van der Waals surface area contributed by atoms with Gasteiger partial charge in [-0.05, 0) is 60.9 Å². The van der Waals surface area contributed by atoms with E-state index < -0.39 is 0 Å². The summed E-state index contributed by atoms with van der Waals surface area (Å²) in [6.45, 7) is 1.06. The van der Waals surface area contributed by atoms with E-state index in [4.69, 9.17) is 0 Å². The predicted octanol–water partition coefficient (Wildman–Crippen LogP) is 6.18. The van der Waals surface area contributed by atoms with Crippen LogP contribution in [0.5, 0.6) is 0 Å². The molecule has 4 rings (SSSR count). The van der Waals surface area contributed by atoms with Crippen molar-refractivity contribution in [3.63, 3.8) is 0 Å². The lowest BCUT2D eigenvalue weighted by atomic mass is 9.94. The van der Waals surface area contributed by atoms with Gasteiger partial charge in [0.05, 0.1) is 6.54 Å². The molecule has 0 spiro atoms. The minimum absolute atomic E-state index is 0.150. The van der Waals surface area contributed by atoms with Gasteiger partial charge in [0.1, 0.15) is 11.6 Å². The largest absolute Gasteiger partial charge is 0.345 e. The summed E-state index contributed by atoms with van der Waals surface area (Å²) >= 11 is 0. The topological polar surface area (TPSA) is 37.3 Å². The molecule has 2 aromatic carbocycles. The minimum atomic E-state index is -0.379. The van der Waals surface area contributed by atoms with Crippen molar-refractivity contribution in [2.75, 3.05) is 5.32 Å². The zero-order chi connectivity index (χ0) is 21.6. The summed E-state index contributed by atoms with van der Waals surface area (Å²) in [5.74, 6) is -0.635. The van der Waals surface area contributed by atoms with E-state index in [1.165, 1.54) is 30.7 Å². The summed E-state index contributed by atoms with van der Waals surface area (Å²) < 4.78 is 28.9. The third-order valence-corrected chi connectivity index (χ3v) is 5.87. The number of hydrogen-bond acceptors (Lipinski definition) is 1. The summed E-state index contributed by atoms with van der Waals surface area (Å²) in [5, 5.41) is 2.86. The van der Waals surface area contributed by atoms with E-state index in [9.17, 15) is 13.6 Å². The van der Waals surface area contributed by atoms with Crippen molar-refractivity contribution in [1.82, 2.24) is 9.47 Å². The van der Waals surface area contributed by atoms with E-state index in [2.05, 4.69) is 9.88 Å². The van der Waals surface area contributed by atoms with E-state index in [0.29, 0.717) is 18.8 Å². The number of benzene rings is 2. The highest BCUT2D eigenvalue weighted by atomic mass is 19.1. The van der Waals surface area contributed by atoms with E-state index in [0.717, 1.165) is 36.9 Å². The fraction of sp³-hybridized carbons (Fsp3) is 0.320. The Balaban J connectivity index is 1.53. The number of amides is 2. The van der Waals surface area contributed by atoms with Gasteiger partial charge in [-0.3, -0.25) is 0 Å². The maximum absolute atomic E-state index is 13.6. The Morgan fingerprint density at radius 2 is 1.74 bits per heavy atom. The Morgan fingerprint density at radius 3 is 2.48 bits per heavy atom. The number of carbonyl (C=O) groups excluding carboxylic acids is 1. The fourth-order valence-electron chi connectivity index (χ4n) is 4.23. The molecule has 1 N–H and O–H groups in total. The van der Waals surface area contributed by atoms with E-state index >= 15 is 0 Å². The van der Waals surface area contributed by atoms with Crippen LogP contribution in [0.15, 0.2) is 66.9 Å². The molecule has 3 aromatic rings. The Hall–Kier alpha value is -3.15. The molecule has 1 fully saturated rings. The zero-order valence-corrected chi connectivity index (χ0v) is 17.4. The number of hydrogen-bond donors (Lipinski definition) is 1. The molecule has 1 heterocycles. The molecule has 0 aliphatic heterocycles. The van der Waals surface area contributed by atoms with Gasteiger partial charge in [-0.2, -0.15) is 0 Å². The molecule has 2 amide bonds. The normalized spacial score (nSPS) is 14.4.